The number of amides is 1. The lowest BCUT2D eigenvalue weighted by atomic mass is 10.1. The number of nitrogens with one attached hydrogen (secondary N) is 1. The van der Waals surface area contributed by atoms with Gasteiger partial charge in [0.2, 0.25) is 5.91 Å². The normalized spacial score (nSPS) is 10.3. The van der Waals surface area contributed by atoms with Gasteiger partial charge in [-0.3, -0.25) is 4.79 Å². The molecule has 0 unspecified atom stereocenters. The fourth-order valence-corrected chi connectivity index (χ4v) is 2.34. The molecule has 0 aromatic heterocycles. The van der Waals surface area contributed by atoms with E-state index in [0.29, 0.717) is 26.0 Å². The van der Waals surface area contributed by atoms with E-state index in [0.717, 1.165) is 22.8 Å². The maximum atomic E-state index is 11.8. The molecule has 3 nitrogen and oxygen atoms in total. The van der Waals surface area contributed by atoms with Crippen LogP contribution in [0.25, 0.3) is 0 Å². The Morgan fingerprint density at radius 2 is 1.96 bits per heavy atom. The molecule has 1 N–H and O–H groups in total. The highest BCUT2D eigenvalue weighted by Gasteiger charge is 2.02. The lowest BCUT2D eigenvalue weighted by Gasteiger charge is -2.08. The van der Waals surface area contributed by atoms with Gasteiger partial charge in [-0.2, -0.15) is 0 Å². The van der Waals surface area contributed by atoms with Crippen molar-refractivity contribution in [2.45, 2.75) is 26.2 Å². The first-order valence-electron chi connectivity index (χ1n) is 7.84. The van der Waals surface area contributed by atoms with E-state index in [4.69, 9.17) is 16.3 Å². The average molecular weight is 332 g/mol. The Bertz CT molecular complexity index is 626. The molecule has 2 aromatic carbocycles. The Hall–Kier alpha value is -2.00. The molecular weight excluding hydrogens is 310 g/mol. The number of hydrogen-bond donors (Lipinski definition) is 1. The van der Waals surface area contributed by atoms with Gasteiger partial charge in [0.05, 0.1) is 6.61 Å². The number of carbonyl (C=O) groups excluding carboxylic acids is 1. The molecule has 2 rings (SSSR count). The highest BCUT2D eigenvalue weighted by molar-refractivity contribution is 6.30. The van der Waals surface area contributed by atoms with E-state index in [2.05, 4.69) is 5.32 Å². The first-order valence-corrected chi connectivity index (χ1v) is 8.22. The van der Waals surface area contributed by atoms with Crippen LogP contribution in [0.2, 0.25) is 5.02 Å². The van der Waals surface area contributed by atoms with E-state index in [-0.39, 0.29) is 5.91 Å². The molecule has 0 aliphatic heterocycles. The van der Waals surface area contributed by atoms with E-state index in [9.17, 15) is 4.79 Å². The molecule has 0 spiro atoms. The Kier molecular flexibility index (Phi) is 6.95. The van der Waals surface area contributed by atoms with E-state index in [1.54, 1.807) is 0 Å². The minimum absolute atomic E-state index is 0.0619. The van der Waals surface area contributed by atoms with Crippen molar-refractivity contribution in [1.29, 1.82) is 0 Å². The third kappa shape index (κ3) is 6.74. The number of benzene rings is 2. The minimum atomic E-state index is 0.0619. The molecule has 4 heteroatoms. The summed E-state index contributed by atoms with van der Waals surface area (Å²) < 4.78 is 5.63. The Morgan fingerprint density at radius 1 is 1.17 bits per heavy atom. The van der Waals surface area contributed by atoms with Crippen LogP contribution in [0.4, 0.5) is 0 Å². The fraction of sp³-hybridized carbons (Fsp3) is 0.316. The molecular formula is C19H22ClNO2. The summed E-state index contributed by atoms with van der Waals surface area (Å²) in [6, 6.07) is 15.6. The van der Waals surface area contributed by atoms with Crippen molar-refractivity contribution in [3.05, 3.63) is 64.7 Å². The predicted molar refractivity (Wildman–Crippen MR) is 94.1 cm³/mol. The van der Waals surface area contributed by atoms with Crippen LogP contribution in [0.5, 0.6) is 5.75 Å². The molecule has 0 saturated heterocycles. The second-order valence-electron chi connectivity index (χ2n) is 5.49. The van der Waals surface area contributed by atoms with Crippen LogP contribution in [-0.4, -0.2) is 19.1 Å². The third-order valence-electron chi connectivity index (χ3n) is 3.46. The zero-order chi connectivity index (χ0) is 16.5. The Labute approximate surface area is 142 Å². The summed E-state index contributed by atoms with van der Waals surface area (Å²) in [5.41, 5.74) is 2.33. The topological polar surface area (TPSA) is 38.3 Å². The lowest BCUT2D eigenvalue weighted by molar-refractivity contribution is -0.121. The monoisotopic (exact) mass is 331 g/mol. The number of ether oxygens (including phenoxy) is 1. The van der Waals surface area contributed by atoms with Gasteiger partial charge >= 0.3 is 0 Å². The van der Waals surface area contributed by atoms with Gasteiger partial charge in [-0.25, -0.2) is 0 Å². The summed E-state index contributed by atoms with van der Waals surface area (Å²) in [5.74, 6) is 0.917. The van der Waals surface area contributed by atoms with Gasteiger partial charge in [0.15, 0.2) is 0 Å². The summed E-state index contributed by atoms with van der Waals surface area (Å²) in [4.78, 5) is 11.8. The van der Waals surface area contributed by atoms with Gasteiger partial charge in [0.25, 0.3) is 0 Å². The van der Waals surface area contributed by atoms with Crippen LogP contribution in [0.1, 0.15) is 24.0 Å². The van der Waals surface area contributed by atoms with Gasteiger partial charge in [0, 0.05) is 18.0 Å². The van der Waals surface area contributed by atoms with Crippen molar-refractivity contribution >= 4 is 17.5 Å². The minimum Gasteiger partial charge on any atom is -0.494 e. The maximum Gasteiger partial charge on any atom is 0.220 e. The molecule has 0 saturated carbocycles. The Balaban J connectivity index is 1.57. The molecule has 122 valence electrons. The summed E-state index contributed by atoms with van der Waals surface area (Å²) in [6.45, 7) is 3.22. The van der Waals surface area contributed by atoms with Gasteiger partial charge in [0.1, 0.15) is 5.75 Å². The summed E-state index contributed by atoms with van der Waals surface area (Å²) in [5, 5.41) is 3.65. The van der Waals surface area contributed by atoms with Gasteiger partial charge < -0.3 is 10.1 Å². The molecule has 0 aliphatic rings. The van der Waals surface area contributed by atoms with Crippen LogP contribution in [-0.2, 0) is 11.2 Å². The van der Waals surface area contributed by atoms with Crippen LogP contribution < -0.4 is 10.1 Å². The fourth-order valence-electron chi connectivity index (χ4n) is 2.21. The number of halogens is 1. The van der Waals surface area contributed by atoms with Crippen molar-refractivity contribution < 1.29 is 9.53 Å². The van der Waals surface area contributed by atoms with E-state index >= 15 is 0 Å². The molecule has 0 fully saturated rings. The second kappa shape index (κ2) is 9.21. The summed E-state index contributed by atoms with van der Waals surface area (Å²) in [7, 11) is 0. The van der Waals surface area contributed by atoms with Crippen molar-refractivity contribution in [1.82, 2.24) is 5.32 Å². The maximum absolute atomic E-state index is 11.8. The summed E-state index contributed by atoms with van der Waals surface area (Å²) >= 11 is 5.84. The largest absolute Gasteiger partial charge is 0.494 e. The Morgan fingerprint density at radius 3 is 2.70 bits per heavy atom. The van der Waals surface area contributed by atoms with E-state index in [1.165, 1.54) is 5.56 Å². The standard InChI is InChI=1S/C19H22ClNO2/c1-15-4-2-5-18(14-15)23-13-3-6-19(22)21-12-11-16-7-9-17(20)10-8-16/h2,4-5,7-10,14H,3,6,11-13H2,1H3,(H,21,22). The summed E-state index contributed by atoms with van der Waals surface area (Å²) in [6.07, 6.45) is 2.00. The molecule has 0 heterocycles. The first kappa shape index (κ1) is 17.4. The van der Waals surface area contributed by atoms with Gasteiger partial charge in [-0.05, 0) is 55.2 Å². The van der Waals surface area contributed by atoms with Crippen LogP contribution in [0, 0.1) is 6.92 Å². The zero-order valence-corrected chi connectivity index (χ0v) is 14.1. The predicted octanol–water partition coefficient (Wildman–Crippen LogP) is 4.17. The molecule has 0 aliphatic carbocycles. The smallest absolute Gasteiger partial charge is 0.220 e. The number of hydrogen-bond acceptors (Lipinski definition) is 2. The molecule has 0 bridgehead atoms. The van der Waals surface area contributed by atoms with Crippen LogP contribution >= 0.6 is 11.6 Å². The molecule has 0 radical (unpaired) electrons. The molecule has 23 heavy (non-hydrogen) atoms. The highest BCUT2D eigenvalue weighted by atomic mass is 35.5. The van der Waals surface area contributed by atoms with Gasteiger partial charge in [-0.15, -0.1) is 0 Å². The average Bonchev–Trinajstić information content (AvgIpc) is 2.54. The van der Waals surface area contributed by atoms with E-state index < -0.39 is 0 Å². The van der Waals surface area contributed by atoms with Gasteiger partial charge in [-0.1, -0.05) is 35.9 Å². The van der Waals surface area contributed by atoms with Crippen LogP contribution in [0.3, 0.4) is 0 Å². The van der Waals surface area contributed by atoms with Crippen molar-refractivity contribution in [2.24, 2.45) is 0 Å². The SMILES string of the molecule is Cc1cccc(OCCCC(=O)NCCc2ccc(Cl)cc2)c1. The first-order chi connectivity index (χ1) is 11.1. The molecule has 1 amide bonds. The lowest BCUT2D eigenvalue weighted by Crippen LogP contribution is -2.25. The highest BCUT2D eigenvalue weighted by Crippen LogP contribution is 2.12. The third-order valence-corrected chi connectivity index (χ3v) is 3.71. The zero-order valence-electron chi connectivity index (χ0n) is 13.3. The number of carbonyl (C=O) groups is 1. The second-order valence-corrected chi connectivity index (χ2v) is 5.93. The quantitative estimate of drug-likeness (QED) is 0.737. The van der Waals surface area contributed by atoms with Crippen LogP contribution in [0.15, 0.2) is 48.5 Å². The number of aryl methyl sites for hydroxylation is 1. The van der Waals surface area contributed by atoms with E-state index in [1.807, 2.05) is 55.5 Å². The van der Waals surface area contributed by atoms with Crippen molar-refractivity contribution in [3.63, 3.8) is 0 Å². The molecule has 0 atom stereocenters. The number of rotatable bonds is 8. The van der Waals surface area contributed by atoms with Crippen molar-refractivity contribution in [3.8, 4) is 5.75 Å². The van der Waals surface area contributed by atoms with Crippen molar-refractivity contribution in [2.75, 3.05) is 13.2 Å². The molecule has 2 aromatic rings.